The number of aromatic hydroxyl groups is 1. The van der Waals surface area contributed by atoms with Gasteiger partial charge in [-0.25, -0.2) is 0 Å². The second kappa shape index (κ2) is 3.86. The second-order valence-corrected chi connectivity index (χ2v) is 3.72. The van der Waals surface area contributed by atoms with E-state index in [0.29, 0.717) is 11.3 Å². The van der Waals surface area contributed by atoms with Gasteiger partial charge in [0.2, 0.25) is 0 Å². The molecule has 0 spiro atoms. The molecular weight excluding hydrogens is 210 g/mol. The summed E-state index contributed by atoms with van der Waals surface area (Å²) in [5.41, 5.74) is 1.08. The Balaban J connectivity index is 2.29. The standard InChI is InChI=1S/C10H11N3OS/c1-7-11-12-10(15)13(7)6-8-2-4-9(14)5-3-8/h2-5,14H,6H2,1H3,(H,12,15). The van der Waals surface area contributed by atoms with Gasteiger partial charge in [0, 0.05) is 0 Å². The van der Waals surface area contributed by atoms with Gasteiger partial charge in [0.05, 0.1) is 6.54 Å². The van der Waals surface area contributed by atoms with E-state index in [1.54, 1.807) is 12.1 Å². The van der Waals surface area contributed by atoms with Gasteiger partial charge in [0.15, 0.2) is 4.77 Å². The minimum Gasteiger partial charge on any atom is -0.508 e. The van der Waals surface area contributed by atoms with Crippen LogP contribution in [0.25, 0.3) is 0 Å². The topological polar surface area (TPSA) is 53.8 Å². The second-order valence-electron chi connectivity index (χ2n) is 3.33. The summed E-state index contributed by atoms with van der Waals surface area (Å²) < 4.78 is 2.52. The van der Waals surface area contributed by atoms with Gasteiger partial charge >= 0.3 is 0 Å². The van der Waals surface area contributed by atoms with Crippen LogP contribution >= 0.6 is 12.2 Å². The summed E-state index contributed by atoms with van der Waals surface area (Å²) in [4.78, 5) is 0. The van der Waals surface area contributed by atoms with Crippen LogP contribution in [0.15, 0.2) is 24.3 Å². The predicted molar refractivity (Wildman–Crippen MR) is 59.4 cm³/mol. The predicted octanol–water partition coefficient (Wildman–Crippen LogP) is 2.00. The summed E-state index contributed by atoms with van der Waals surface area (Å²) in [6.45, 7) is 2.56. The normalized spacial score (nSPS) is 10.5. The van der Waals surface area contributed by atoms with Crippen molar-refractivity contribution in [2.45, 2.75) is 13.5 Å². The van der Waals surface area contributed by atoms with E-state index in [0.717, 1.165) is 11.4 Å². The number of aromatic amines is 1. The highest BCUT2D eigenvalue weighted by atomic mass is 32.1. The number of hydrogen-bond acceptors (Lipinski definition) is 3. The third kappa shape index (κ3) is 2.07. The molecule has 0 aliphatic heterocycles. The molecule has 0 saturated heterocycles. The van der Waals surface area contributed by atoms with Crippen molar-refractivity contribution in [1.82, 2.24) is 14.8 Å². The van der Waals surface area contributed by atoms with Crippen molar-refractivity contribution in [2.75, 3.05) is 0 Å². The number of nitrogens with one attached hydrogen (secondary N) is 1. The number of benzene rings is 1. The van der Waals surface area contributed by atoms with Crippen molar-refractivity contribution in [2.24, 2.45) is 0 Å². The van der Waals surface area contributed by atoms with Crippen LogP contribution in [-0.4, -0.2) is 19.9 Å². The molecule has 1 aromatic heterocycles. The first kappa shape index (κ1) is 9.92. The highest BCUT2D eigenvalue weighted by Crippen LogP contribution is 2.11. The summed E-state index contributed by atoms with van der Waals surface area (Å²) in [5.74, 6) is 1.12. The average Bonchev–Trinajstić information content (AvgIpc) is 2.53. The molecule has 0 aliphatic rings. The van der Waals surface area contributed by atoms with E-state index in [-0.39, 0.29) is 5.75 Å². The van der Waals surface area contributed by atoms with Gasteiger partial charge in [-0.1, -0.05) is 12.1 Å². The summed E-state index contributed by atoms with van der Waals surface area (Å²) in [7, 11) is 0. The Morgan fingerprint density at radius 1 is 1.40 bits per heavy atom. The molecule has 15 heavy (non-hydrogen) atoms. The lowest BCUT2D eigenvalue weighted by molar-refractivity contribution is 0.475. The van der Waals surface area contributed by atoms with Crippen LogP contribution < -0.4 is 0 Å². The maximum Gasteiger partial charge on any atom is 0.195 e. The quantitative estimate of drug-likeness (QED) is 0.763. The van der Waals surface area contributed by atoms with Gasteiger partial charge in [0.1, 0.15) is 11.6 Å². The van der Waals surface area contributed by atoms with E-state index >= 15 is 0 Å². The fourth-order valence-electron chi connectivity index (χ4n) is 1.37. The summed E-state index contributed by atoms with van der Waals surface area (Å²) >= 11 is 5.09. The molecule has 0 radical (unpaired) electrons. The van der Waals surface area contributed by atoms with Crippen molar-refractivity contribution in [1.29, 1.82) is 0 Å². The van der Waals surface area contributed by atoms with Crippen LogP contribution in [0.1, 0.15) is 11.4 Å². The molecule has 78 valence electrons. The number of H-pyrrole nitrogens is 1. The van der Waals surface area contributed by atoms with Gasteiger partial charge in [-0.3, -0.25) is 9.67 Å². The number of rotatable bonds is 2. The van der Waals surface area contributed by atoms with E-state index in [2.05, 4.69) is 10.2 Å². The first-order chi connectivity index (χ1) is 7.16. The largest absolute Gasteiger partial charge is 0.508 e. The van der Waals surface area contributed by atoms with Crippen LogP contribution in [0.5, 0.6) is 5.75 Å². The molecule has 0 fully saturated rings. The molecule has 0 bridgehead atoms. The highest BCUT2D eigenvalue weighted by molar-refractivity contribution is 7.71. The number of aryl methyl sites for hydroxylation is 1. The van der Waals surface area contributed by atoms with Gasteiger partial charge in [-0.05, 0) is 36.8 Å². The fraction of sp³-hybridized carbons (Fsp3) is 0.200. The Bertz CT molecular complexity index is 512. The molecule has 0 aliphatic carbocycles. The lowest BCUT2D eigenvalue weighted by Crippen LogP contribution is -2.01. The third-order valence-electron chi connectivity index (χ3n) is 2.23. The molecule has 0 amide bonds. The van der Waals surface area contributed by atoms with E-state index in [9.17, 15) is 0 Å². The minimum atomic E-state index is 0.270. The Morgan fingerprint density at radius 2 is 2.07 bits per heavy atom. The third-order valence-corrected chi connectivity index (χ3v) is 2.54. The van der Waals surface area contributed by atoms with E-state index in [1.807, 2.05) is 23.6 Å². The highest BCUT2D eigenvalue weighted by Gasteiger charge is 2.01. The zero-order valence-electron chi connectivity index (χ0n) is 8.27. The fourth-order valence-corrected chi connectivity index (χ4v) is 1.61. The molecule has 1 heterocycles. The molecule has 2 aromatic rings. The Hall–Kier alpha value is -1.62. The maximum absolute atomic E-state index is 9.15. The first-order valence-electron chi connectivity index (χ1n) is 4.56. The summed E-state index contributed by atoms with van der Waals surface area (Å²) in [6.07, 6.45) is 0. The molecule has 1 aromatic carbocycles. The van der Waals surface area contributed by atoms with Crippen molar-refractivity contribution >= 4 is 12.2 Å². The number of phenolic OH excluding ortho intramolecular Hbond substituents is 1. The van der Waals surface area contributed by atoms with Gasteiger partial charge in [0.25, 0.3) is 0 Å². The molecule has 2 N–H and O–H groups in total. The number of aromatic nitrogens is 3. The Morgan fingerprint density at radius 3 is 2.60 bits per heavy atom. The molecule has 5 heteroatoms. The number of hydrogen-bond donors (Lipinski definition) is 2. The van der Waals surface area contributed by atoms with Crippen molar-refractivity contribution in [3.8, 4) is 5.75 Å². The van der Waals surface area contributed by atoms with Crippen molar-refractivity contribution < 1.29 is 5.11 Å². The van der Waals surface area contributed by atoms with Crippen LogP contribution in [0.4, 0.5) is 0 Å². The van der Waals surface area contributed by atoms with Gasteiger partial charge < -0.3 is 5.11 Å². The van der Waals surface area contributed by atoms with Gasteiger partial charge in [-0.15, -0.1) is 0 Å². The van der Waals surface area contributed by atoms with Crippen molar-refractivity contribution in [3.05, 3.63) is 40.4 Å². The van der Waals surface area contributed by atoms with E-state index in [4.69, 9.17) is 17.3 Å². The van der Waals surface area contributed by atoms with Gasteiger partial charge in [-0.2, -0.15) is 5.10 Å². The average molecular weight is 221 g/mol. The summed E-state index contributed by atoms with van der Waals surface area (Å²) in [5, 5.41) is 15.9. The van der Waals surface area contributed by atoms with E-state index in [1.165, 1.54) is 0 Å². The molecule has 0 saturated carbocycles. The van der Waals surface area contributed by atoms with Crippen LogP contribution in [-0.2, 0) is 6.54 Å². The van der Waals surface area contributed by atoms with Crippen molar-refractivity contribution in [3.63, 3.8) is 0 Å². The zero-order valence-corrected chi connectivity index (χ0v) is 9.08. The monoisotopic (exact) mass is 221 g/mol. The Kier molecular flexibility index (Phi) is 2.55. The lowest BCUT2D eigenvalue weighted by atomic mass is 10.2. The molecular formula is C10H11N3OS. The van der Waals surface area contributed by atoms with Crippen LogP contribution in [0.3, 0.4) is 0 Å². The number of phenols is 1. The molecule has 0 atom stereocenters. The van der Waals surface area contributed by atoms with Crippen LogP contribution in [0, 0.1) is 11.7 Å². The SMILES string of the molecule is Cc1n[nH]c(=S)n1Cc1ccc(O)cc1. The van der Waals surface area contributed by atoms with E-state index < -0.39 is 0 Å². The maximum atomic E-state index is 9.15. The molecule has 2 rings (SSSR count). The zero-order chi connectivity index (χ0) is 10.8. The first-order valence-corrected chi connectivity index (χ1v) is 4.97. The minimum absolute atomic E-state index is 0.270. The molecule has 0 unspecified atom stereocenters. The number of nitrogens with zero attached hydrogens (tertiary/aromatic N) is 2. The smallest absolute Gasteiger partial charge is 0.195 e. The summed E-state index contributed by atoms with van der Waals surface area (Å²) in [6, 6.07) is 7.05. The Labute approximate surface area is 92.2 Å². The molecule has 4 nitrogen and oxygen atoms in total. The lowest BCUT2D eigenvalue weighted by Gasteiger charge is -2.04. The van der Waals surface area contributed by atoms with Crippen LogP contribution in [0.2, 0.25) is 0 Å².